The molecule has 0 spiro atoms. The minimum absolute atomic E-state index is 0.0219. The molecule has 1 aromatic rings. The summed E-state index contributed by atoms with van der Waals surface area (Å²) in [5, 5.41) is 3.08. The molecule has 5 nitrogen and oxygen atoms in total. The van der Waals surface area contributed by atoms with Crippen molar-refractivity contribution in [3.8, 4) is 5.75 Å². The van der Waals surface area contributed by atoms with Gasteiger partial charge in [0.25, 0.3) is 0 Å². The standard InChI is InChI=1S/C10H18N2.C9H8ClFNO2.In/c1-3-4-5-6-12-9-7-11(2)8-10-12;1-14-9-6(4-12-5-13)2-3-7(10)8(9)11;/h5H,1,3-4,7-10H2,2H3;2-3H,4H2,1H3,(H,12,13);. The summed E-state index contributed by atoms with van der Waals surface area (Å²) in [4.78, 5) is 17.7. The second-order valence-corrected chi connectivity index (χ2v) is 15.6. The van der Waals surface area contributed by atoms with Gasteiger partial charge in [0, 0.05) is 0 Å². The Morgan fingerprint density at radius 1 is 1.33 bits per heavy atom. The van der Waals surface area contributed by atoms with E-state index in [0.717, 1.165) is 43.2 Å². The molecule has 0 aromatic heterocycles. The van der Waals surface area contributed by atoms with E-state index in [1.807, 2.05) is 0 Å². The van der Waals surface area contributed by atoms with E-state index in [9.17, 15) is 9.18 Å². The predicted octanol–water partition coefficient (Wildman–Crippen LogP) is 3.24. The van der Waals surface area contributed by atoms with E-state index in [0.29, 0.717) is 5.56 Å². The minimum atomic E-state index is -2.58. The Balaban J connectivity index is 1.67. The summed E-state index contributed by atoms with van der Waals surface area (Å²) in [7, 11) is 3.55. The molecule has 1 aromatic carbocycles. The van der Waals surface area contributed by atoms with E-state index in [1.54, 1.807) is 6.07 Å². The van der Waals surface area contributed by atoms with Crippen molar-refractivity contribution in [2.45, 2.75) is 23.6 Å². The van der Waals surface area contributed by atoms with Gasteiger partial charge in [0.2, 0.25) is 0 Å². The first-order chi connectivity index (χ1) is 13.0. The van der Waals surface area contributed by atoms with Crippen molar-refractivity contribution in [3.05, 3.63) is 38.1 Å². The predicted molar refractivity (Wildman–Crippen MR) is 107 cm³/mol. The van der Waals surface area contributed by atoms with Crippen molar-refractivity contribution in [1.82, 2.24) is 15.1 Å². The van der Waals surface area contributed by atoms with Crippen LogP contribution in [0.5, 0.6) is 5.75 Å². The third kappa shape index (κ3) is 4.93. The molecule has 146 valence electrons. The molecule has 0 radical (unpaired) electrons. The monoisotopic (exact) mass is 497 g/mol. The fourth-order valence-corrected chi connectivity index (χ4v) is 12.4. The summed E-state index contributed by atoms with van der Waals surface area (Å²) < 4.78 is 21.8. The maximum atomic E-state index is 14.1. The van der Waals surface area contributed by atoms with Crippen molar-refractivity contribution < 1.29 is 13.9 Å². The Hall–Kier alpha value is -0.920. The van der Waals surface area contributed by atoms with Gasteiger partial charge < -0.3 is 0 Å². The Morgan fingerprint density at radius 3 is 2.78 bits per heavy atom. The zero-order valence-corrected chi connectivity index (χ0v) is 20.0. The Bertz CT molecular complexity index is 723. The van der Waals surface area contributed by atoms with E-state index < -0.39 is 27.3 Å². The quantitative estimate of drug-likeness (QED) is 0.679. The number of hydrogen-bond donors (Lipinski definition) is 1. The zero-order chi connectivity index (χ0) is 19.4. The fourth-order valence-electron chi connectivity index (χ4n) is 3.78. The third-order valence-corrected chi connectivity index (χ3v) is 14.6. The molecule has 0 saturated carbocycles. The SMILES string of the molecule is COc1c(CN[C](=O)[In]2[CH2]CCC=[C]2N2CCN(C)CC2)ccc(Cl)c1F. The van der Waals surface area contributed by atoms with Crippen LogP contribution in [0.3, 0.4) is 0 Å². The van der Waals surface area contributed by atoms with E-state index in [4.69, 9.17) is 16.3 Å². The number of rotatable bonds is 5. The van der Waals surface area contributed by atoms with Crippen LogP contribution >= 0.6 is 11.6 Å². The number of hydrogen-bond acceptors (Lipinski definition) is 4. The summed E-state index contributed by atoms with van der Waals surface area (Å²) in [5.41, 5.74) is 0.611. The van der Waals surface area contributed by atoms with Crippen molar-refractivity contribution in [2.24, 2.45) is 0 Å². The number of allylic oxidation sites excluding steroid dienone is 1. The van der Waals surface area contributed by atoms with Gasteiger partial charge in [0.05, 0.1) is 0 Å². The second-order valence-electron chi connectivity index (χ2n) is 7.17. The zero-order valence-electron chi connectivity index (χ0n) is 15.9. The summed E-state index contributed by atoms with van der Waals surface area (Å²) >= 11 is 3.23. The van der Waals surface area contributed by atoms with Crippen LogP contribution in [0, 0.1) is 5.82 Å². The van der Waals surface area contributed by atoms with E-state index in [1.165, 1.54) is 16.6 Å². The fraction of sp³-hybridized carbons (Fsp3) is 0.526. The van der Waals surface area contributed by atoms with E-state index >= 15 is 0 Å². The average Bonchev–Trinajstić information content (AvgIpc) is 2.69. The number of likely N-dealkylation sites (N-methyl/N-ethyl adjacent to an activating group) is 1. The topological polar surface area (TPSA) is 44.8 Å². The molecule has 2 heterocycles. The number of halogens is 2. The first kappa shape index (κ1) is 20.8. The first-order valence-electron chi connectivity index (χ1n) is 9.43. The van der Waals surface area contributed by atoms with Gasteiger partial charge in [-0.05, 0) is 0 Å². The number of carbonyl (C=O) groups is 1. The number of nitrogens with one attached hydrogen (secondary N) is 1. The van der Waals surface area contributed by atoms with E-state index in [-0.39, 0.29) is 21.0 Å². The van der Waals surface area contributed by atoms with Crippen molar-refractivity contribution in [3.63, 3.8) is 0 Å². The molecular formula is C19H26ClFInN3O2. The number of methoxy groups -OCH3 is 1. The summed E-state index contributed by atoms with van der Waals surface area (Å²) in [5.74, 6) is -0.471. The normalized spacial score (nSPS) is 18.3. The van der Waals surface area contributed by atoms with Gasteiger partial charge in [-0.3, -0.25) is 0 Å². The summed E-state index contributed by atoms with van der Waals surface area (Å²) in [6.07, 6.45) is 4.47. The van der Waals surface area contributed by atoms with Gasteiger partial charge in [0.15, 0.2) is 0 Å². The van der Waals surface area contributed by atoms with Gasteiger partial charge in [-0.2, -0.15) is 0 Å². The Kier molecular flexibility index (Phi) is 7.34. The molecule has 27 heavy (non-hydrogen) atoms. The molecule has 0 bridgehead atoms. The van der Waals surface area contributed by atoms with Crippen LogP contribution in [-0.2, 0) is 6.54 Å². The third-order valence-electron chi connectivity index (χ3n) is 5.38. The Morgan fingerprint density at radius 2 is 2.07 bits per heavy atom. The molecule has 1 N–H and O–H groups in total. The molecule has 0 aliphatic carbocycles. The van der Waals surface area contributed by atoms with Crippen molar-refractivity contribution in [2.75, 3.05) is 40.3 Å². The van der Waals surface area contributed by atoms with Gasteiger partial charge in [0.1, 0.15) is 0 Å². The number of benzene rings is 1. The van der Waals surface area contributed by atoms with Gasteiger partial charge in [-0.25, -0.2) is 0 Å². The van der Waals surface area contributed by atoms with Gasteiger partial charge in [-0.15, -0.1) is 0 Å². The number of amides is 1. The average molecular weight is 498 g/mol. The van der Waals surface area contributed by atoms with Crippen LogP contribution in [0.4, 0.5) is 9.18 Å². The van der Waals surface area contributed by atoms with Crippen molar-refractivity contribution in [1.29, 1.82) is 0 Å². The van der Waals surface area contributed by atoms with E-state index in [2.05, 4.69) is 28.2 Å². The maximum absolute atomic E-state index is 14.1. The molecular weight excluding hydrogens is 471 g/mol. The molecule has 0 atom stereocenters. The summed E-state index contributed by atoms with van der Waals surface area (Å²) in [6, 6.07) is 3.21. The van der Waals surface area contributed by atoms with Crippen LogP contribution in [-0.4, -0.2) is 75.2 Å². The van der Waals surface area contributed by atoms with Gasteiger partial charge >= 0.3 is 173 Å². The van der Waals surface area contributed by atoms with Gasteiger partial charge in [-0.1, -0.05) is 0 Å². The molecule has 1 amide bonds. The molecule has 1 saturated heterocycles. The van der Waals surface area contributed by atoms with Crippen LogP contribution in [0.15, 0.2) is 21.7 Å². The van der Waals surface area contributed by atoms with Crippen LogP contribution < -0.4 is 10.1 Å². The van der Waals surface area contributed by atoms with Crippen LogP contribution in [0.2, 0.25) is 9.20 Å². The molecule has 2 aliphatic heterocycles. The van der Waals surface area contributed by atoms with Crippen molar-refractivity contribution >= 4 is 36.7 Å². The molecule has 3 rings (SSSR count). The number of ether oxygens (including phenoxy) is 1. The molecule has 0 unspecified atom stereocenters. The first-order valence-corrected chi connectivity index (χ1v) is 15.4. The molecule has 2 aliphatic rings. The van der Waals surface area contributed by atoms with Crippen LogP contribution in [0.25, 0.3) is 0 Å². The van der Waals surface area contributed by atoms with Crippen LogP contribution in [0.1, 0.15) is 18.4 Å². The Labute approximate surface area is 173 Å². The second kappa shape index (κ2) is 9.52. The number of carbonyl (C=O) groups excluding carboxylic acids is 1. The number of nitrogens with zero attached hydrogens (tertiary/aromatic N) is 2. The molecule has 8 heteroatoms. The number of piperazine rings is 1. The summed E-state index contributed by atoms with van der Waals surface area (Å²) in [6.45, 7) is 4.34. The molecule has 1 fully saturated rings.